The Bertz CT molecular complexity index is 952. The number of benzene rings is 3. The summed E-state index contributed by atoms with van der Waals surface area (Å²) in [4.78, 5) is 23.2. The summed E-state index contributed by atoms with van der Waals surface area (Å²) in [7, 11) is 0. The third-order valence-corrected chi connectivity index (χ3v) is 4.22. The van der Waals surface area contributed by atoms with Gasteiger partial charge in [0, 0.05) is 6.42 Å². The van der Waals surface area contributed by atoms with Gasteiger partial charge in [0.05, 0.1) is 17.9 Å². The average Bonchev–Trinajstić information content (AvgIpc) is 2.68. The van der Waals surface area contributed by atoms with Crippen LogP contribution in [0.3, 0.4) is 0 Å². The lowest BCUT2D eigenvalue weighted by Crippen LogP contribution is -2.14. The van der Waals surface area contributed by atoms with Crippen LogP contribution in [0.5, 0.6) is 5.75 Å². The van der Waals surface area contributed by atoms with Crippen molar-refractivity contribution < 1.29 is 19.4 Å². The molecule has 3 aromatic rings. The Morgan fingerprint density at radius 2 is 1.63 bits per heavy atom. The zero-order valence-electron chi connectivity index (χ0n) is 14.9. The van der Waals surface area contributed by atoms with Crippen molar-refractivity contribution in [2.75, 3.05) is 11.9 Å². The minimum Gasteiger partial charge on any atom is -0.494 e. The van der Waals surface area contributed by atoms with Crippen molar-refractivity contribution in [3.63, 3.8) is 0 Å². The topological polar surface area (TPSA) is 75.6 Å². The number of aromatic carboxylic acids is 1. The zero-order valence-corrected chi connectivity index (χ0v) is 14.9. The highest BCUT2D eigenvalue weighted by Crippen LogP contribution is 2.21. The van der Waals surface area contributed by atoms with Crippen molar-refractivity contribution in [3.8, 4) is 5.75 Å². The van der Waals surface area contributed by atoms with Crippen molar-refractivity contribution >= 4 is 28.3 Å². The maximum Gasteiger partial charge on any atom is 0.337 e. The van der Waals surface area contributed by atoms with E-state index in [1.165, 1.54) is 11.5 Å². The van der Waals surface area contributed by atoms with Crippen LogP contribution in [0.15, 0.2) is 66.7 Å². The van der Waals surface area contributed by atoms with Gasteiger partial charge in [0.15, 0.2) is 0 Å². The fraction of sp³-hybridized carbons (Fsp3) is 0.182. The molecule has 3 aromatic carbocycles. The van der Waals surface area contributed by atoms with Crippen molar-refractivity contribution in [1.29, 1.82) is 0 Å². The first-order chi connectivity index (χ1) is 13.1. The molecule has 0 unspecified atom stereocenters. The Balaban J connectivity index is 1.42. The molecule has 0 aliphatic heterocycles. The smallest absolute Gasteiger partial charge is 0.337 e. The van der Waals surface area contributed by atoms with E-state index < -0.39 is 5.97 Å². The predicted octanol–water partition coefficient (Wildman–Crippen LogP) is 4.73. The summed E-state index contributed by atoms with van der Waals surface area (Å²) in [5.74, 6) is -0.447. The van der Waals surface area contributed by atoms with E-state index in [1.54, 1.807) is 18.2 Å². The Morgan fingerprint density at radius 1 is 0.889 bits per heavy atom. The van der Waals surface area contributed by atoms with Crippen LogP contribution in [0.2, 0.25) is 0 Å². The van der Waals surface area contributed by atoms with Crippen molar-refractivity contribution in [2.45, 2.75) is 19.3 Å². The van der Waals surface area contributed by atoms with Gasteiger partial charge in [-0.05, 0) is 47.9 Å². The lowest BCUT2D eigenvalue weighted by Gasteiger charge is -2.09. The third-order valence-electron chi connectivity index (χ3n) is 4.22. The van der Waals surface area contributed by atoms with Gasteiger partial charge in [-0.1, -0.05) is 42.5 Å². The van der Waals surface area contributed by atoms with Gasteiger partial charge in [-0.25, -0.2) is 4.79 Å². The lowest BCUT2D eigenvalue weighted by molar-refractivity contribution is -0.116. The van der Waals surface area contributed by atoms with E-state index in [9.17, 15) is 9.59 Å². The first-order valence-corrected chi connectivity index (χ1v) is 8.87. The number of carbonyl (C=O) groups excluding carboxylic acids is 1. The molecule has 0 bridgehead atoms. The molecule has 0 heterocycles. The van der Waals surface area contributed by atoms with Gasteiger partial charge in [0.1, 0.15) is 5.75 Å². The van der Waals surface area contributed by atoms with Crippen LogP contribution in [0.1, 0.15) is 29.6 Å². The molecule has 1 amide bonds. The Labute approximate surface area is 157 Å². The molecule has 0 radical (unpaired) electrons. The van der Waals surface area contributed by atoms with Crippen LogP contribution in [0, 0.1) is 0 Å². The summed E-state index contributed by atoms with van der Waals surface area (Å²) in [6.07, 6.45) is 1.71. The van der Waals surface area contributed by atoms with Crippen molar-refractivity contribution in [3.05, 3.63) is 72.3 Å². The fourth-order valence-corrected chi connectivity index (χ4v) is 2.83. The van der Waals surface area contributed by atoms with Gasteiger partial charge in [-0.3, -0.25) is 4.79 Å². The van der Waals surface area contributed by atoms with Crippen LogP contribution < -0.4 is 10.1 Å². The van der Waals surface area contributed by atoms with Gasteiger partial charge in [0.25, 0.3) is 0 Å². The summed E-state index contributed by atoms with van der Waals surface area (Å²) in [6, 6.07) is 20.4. The zero-order chi connectivity index (χ0) is 19.1. The number of hydrogen-bond donors (Lipinski definition) is 2. The van der Waals surface area contributed by atoms with Crippen LogP contribution in [0.4, 0.5) is 5.69 Å². The van der Waals surface area contributed by atoms with Crippen molar-refractivity contribution in [2.24, 2.45) is 0 Å². The minimum absolute atomic E-state index is 0.0884. The molecule has 2 N–H and O–H groups in total. The summed E-state index contributed by atoms with van der Waals surface area (Å²) in [5.41, 5.74) is 0.410. The number of rotatable bonds is 8. The highest BCUT2D eigenvalue weighted by molar-refractivity contribution is 6.00. The molecule has 0 aliphatic rings. The molecule has 0 spiro atoms. The number of carbonyl (C=O) groups is 2. The number of fused-ring (bicyclic) bond motifs is 1. The Morgan fingerprint density at radius 3 is 2.44 bits per heavy atom. The fourth-order valence-electron chi connectivity index (χ4n) is 2.83. The van der Waals surface area contributed by atoms with Gasteiger partial charge < -0.3 is 15.2 Å². The quantitative estimate of drug-likeness (QED) is 0.568. The minimum atomic E-state index is -1.06. The van der Waals surface area contributed by atoms with Crippen LogP contribution in [0.25, 0.3) is 10.8 Å². The number of ether oxygens (including phenoxy) is 1. The normalized spacial score (nSPS) is 10.5. The number of carboxylic acid groups (broad SMARTS) is 1. The summed E-state index contributed by atoms with van der Waals surface area (Å²) in [6.45, 7) is 0.525. The maximum atomic E-state index is 12.0. The van der Waals surface area contributed by atoms with E-state index in [2.05, 4.69) is 11.4 Å². The molecule has 138 valence electrons. The number of unbranched alkanes of at least 4 members (excludes halogenated alkanes) is 1. The number of anilines is 1. The highest BCUT2D eigenvalue weighted by atomic mass is 16.5. The number of carboxylic acids is 1. The molecule has 3 rings (SSSR count). The predicted molar refractivity (Wildman–Crippen MR) is 105 cm³/mol. The third kappa shape index (κ3) is 5.07. The molecular weight excluding hydrogens is 342 g/mol. The summed E-state index contributed by atoms with van der Waals surface area (Å²) >= 11 is 0. The van der Waals surface area contributed by atoms with E-state index >= 15 is 0 Å². The first-order valence-electron chi connectivity index (χ1n) is 8.87. The van der Waals surface area contributed by atoms with Gasteiger partial charge in [-0.2, -0.15) is 0 Å². The number of hydrogen-bond acceptors (Lipinski definition) is 3. The largest absolute Gasteiger partial charge is 0.494 e. The van der Waals surface area contributed by atoms with Gasteiger partial charge in [-0.15, -0.1) is 0 Å². The van der Waals surface area contributed by atoms with Crippen LogP contribution in [-0.2, 0) is 4.79 Å². The second-order valence-electron chi connectivity index (χ2n) is 6.21. The second-order valence-corrected chi connectivity index (χ2v) is 6.21. The number of nitrogens with one attached hydrogen (secondary N) is 1. The monoisotopic (exact) mass is 363 g/mol. The van der Waals surface area contributed by atoms with Crippen molar-refractivity contribution in [1.82, 2.24) is 0 Å². The molecule has 5 heteroatoms. The molecule has 0 aliphatic carbocycles. The van der Waals surface area contributed by atoms with E-state index in [-0.39, 0.29) is 11.5 Å². The Kier molecular flexibility index (Phi) is 6.05. The van der Waals surface area contributed by atoms with Gasteiger partial charge in [0.2, 0.25) is 5.91 Å². The molecular formula is C22H21NO4. The summed E-state index contributed by atoms with van der Waals surface area (Å²) < 4.78 is 5.76. The van der Waals surface area contributed by atoms with Crippen LogP contribution >= 0.6 is 0 Å². The second kappa shape index (κ2) is 8.85. The van der Waals surface area contributed by atoms with E-state index in [0.29, 0.717) is 25.1 Å². The van der Waals surface area contributed by atoms with Gasteiger partial charge >= 0.3 is 5.97 Å². The van der Waals surface area contributed by atoms with E-state index in [0.717, 1.165) is 17.6 Å². The lowest BCUT2D eigenvalue weighted by atomic mass is 10.1. The average molecular weight is 363 g/mol. The molecule has 27 heavy (non-hydrogen) atoms. The molecule has 5 nitrogen and oxygen atoms in total. The number of para-hydroxylation sites is 1. The Hall–Kier alpha value is -3.34. The number of amides is 1. The molecule has 0 aromatic heterocycles. The standard InChI is InChI=1S/C22H21NO4/c24-21(23-20-10-4-3-9-19(20)22(25)26)11-5-6-14-27-18-13-12-16-7-1-2-8-17(16)15-18/h1-4,7-10,12-13,15H,5-6,11,14H2,(H,23,24)(H,25,26). The molecule has 0 saturated heterocycles. The van der Waals surface area contributed by atoms with E-state index in [1.807, 2.05) is 36.4 Å². The molecule has 0 fully saturated rings. The summed E-state index contributed by atoms with van der Waals surface area (Å²) in [5, 5.41) is 14.1. The molecule has 0 saturated carbocycles. The first kappa shape index (κ1) is 18.5. The molecule has 0 atom stereocenters. The maximum absolute atomic E-state index is 12.0. The highest BCUT2D eigenvalue weighted by Gasteiger charge is 2.11. The van der Waals surface area contributed by atoms with E-state index in [4.69, 9.17) is 9.84 Å². The SMILES string of the molecule is O=C(CCCCOc1ccc2ccccc2c1)Nc1ccccc1C(=O)O. The van der Waals surface area contributed by atoms with Crippen LogP contribution in [-0.4, -0.2) is 23.6 Å².